The molecule has 1 aliphatic heterocycles. The normalized spacial score (nSPS) is 17.3. The van der Waals surface area contributed by atoms with Crippen LogP contribution in [0.2, 0.25) is 0 Å². The Morgan fingerprint density at radius 2 is 1.79 bits per heavy atom. The van der Waals surface area contributed by atoms with Gasteiger partial charge >= 0.3 is 12.2 Å². The number of nitrogens with one attached hydrogen (secondary N) is 1. The molecule has 0 aliphatic carbocycles. The quantitative estimate of drug-likeness (QED) is 0.374. The lowest BCUT2D eigenvalue weighted by molar-refractivity contribution is 0.0552. The van der Waals surface area contributed by atoms with Crippen molar-refractivity contribution in [2.45, 2.75) is 90.6 Å². The van der Waals surface area contributed by atoms with E-state index in [2.05, 4.69) is 15.3 Å². The highest BCUT2D eigenvalue weighted by Crippen LogP contribution is 2.27. The van der Waals surface area contributed by atoms with Crippen molar-refractivity contribution in [2.75, 3.05) is 13.1 Å². The SMILES string of the molecule is CC(C)(C)OC(=O)N=C(NC(=O)OC(C)(C)C)N1CCC(CC[C@H](N)C(O)c2nc3ccccc3o2)CC1. The maximum atomic E-state index is 12.4. The fourth-order valence-electron chi connectivity index (χ4n) is 4.16. The number of fused-ring (bicyclic) bond motifs is 1. The number of aliphatic hydroxyl groups is 1. The Balaban J connectivity index is 1.56. The molecule has 4 N–H and O–H groups in total. The molecule has 0 radical (unpaired) electrons. The van der Waals surface area contributed by atoms with E-state index in [1.54, 1.807) is 47.6 Å². The van der Waals surface area contributed by atoms with Gasteiger partial charge in [-0.05, 0) is 85.3 Å². The third-order valence-corrected chi connectivity index (χ3v) is 5.99. The first kappa shape index (κ1) is 29.4. The number of carbonyl (C=O) groups is 2. The van der Waals surface area contributed by atoms with E-state index in [-0.39, 0.29) is 11.9 Å². The topological polar surface area (TPSA) is 153 Å². The van der Waals surface area contributed by atoms with Crippen LogP contribution < -0.4 is 11.1 Å². The highest BCUT2D eigenvalue weighted by molar-refractivity contribution is 5.99. The van der Waals surface area contributed by atoms with Crippen molar-refractivity contribution >= 4 is 29.2 Å². The van der Waals surface area contributed by atoms with E-state index < -0.39 is 35.5 Å². The third-order valence-electron chi connectivity index (χ3n) is 5.99. The summed E-state index contributed by atoms with van der Waals surface area (Å²) < 4.78 is 16.3. The minimum atomic E-state index is -0.993. The zero-order valence-electron chi connectivity index (χ0n) is 23.2. The Morgan fingerprint density at radius 3 is 2.39 bits per heavy atom. The molecule has 11 nitrogen and oxygen atoms in total. The Hall–Kier alpha value is -3.18. The Labute approximate surface area is 223 Å². The molecule has 1 aromatic carbocycles. The molecule has 1 fully saturated rings. The zero-order valence-corrected chi connectivity index (χ0v) is 23.2. The molecule has 2 atom stereocenters. The van der Waals surface area contributed by atoms with Gasteiger partial charge in [0.15, 0.2) is 5.58 Å². The molecule has 0 bridgehead atoms. The molecule has 1 saturated heterocycles. The average Bonchev–Trinajstić information content (AvgIpc) is 3.24. The van der Waals surface area contributed by atoms with Gasteiger partial charge in [0.1, 0.15) is 22.8 Å². The molecule has 1 aromatic heterocycles. The second-order valence-corrected chi connectivity index (χ2v) is 11.7. The standard InChI is InChI=1S/C27H41N5O6/c1-26(2,3)37-24(34)30-23(31-25(35)38-27(4,5)6)32-15-13-17(14-16-32)11-12-18(28)21(33)22-29-19-9-7-8-10-20(19)36-22/h7-10,17-18,21,33H,11-16,28H2,1-6H3,(H,30,31,34,35)/t18-,21?/m0/s1. The number of hydrogen-bond donors (Lipinski definition) is 3. The van der Waals surface area contributed by atoms with E-state index in [1.807, 2.05) is 23.1 Å². The van der Waals surface area contributed by atoms with Crippen LogP contribution in [-0.2, 0) is 9.47 Å². The number of aliphatic imine (C=N–C) groups is 1. The van der Waals surface area contributed by atoms with Gasteiger partial charge in [-0.25, -0.2) is 14.6 Å². The van der Waals surface area contributed by atoms with Crippen LogP contribution in [-0.4, -0.2) is 63.5 Å². The lowest BCUT2D eigenvalue weighted by Gasteiger charge is -2.34. The molecule has 11 heteroatoms. The molecule has 2 aromatic rings. The first-order chi connectivity index (χ1) is 17.7. The summed E-state index contributed by atoms with van der Waals surface area (Å²) >= 11 is 0. The van der Waals surface area contributed by atoms with Gasteiger partial charge in [0.2, 0.25) is 11.9 Å². The summed E-state index contributed by atoms with van der Waals surface area (Å²) in [6.07, 6.45) is 0.535. The van der Waals surface area contributed by atoms with Crippen molar-refractivity contribution in [1.29, 1.82) is 0 Å². The molecule has 2 amide bonds. The minimum absolute atomic E-state index is 0.107. The molecule has 3 rings (SSSR count). The Kier molecular flexibility index (Phi) is 9.37. The number of nitrogens with zero attached hydrogens (tertiary/aromatic N) is 3. The van der Waals surface area contributed by atoms with E-state index in [0.29, 0.717) is 36.5 Å². The van der Waals surface area contributed by atoms with Crippen LogP contribution >= 0.6 is 0 Å². The summed E-state index contributed by atoms with van der Waals surface area (Å²) in [5, 5.41) is 13.3. The Morgan fingerprint density at radius 1 is 1.16 bits per heavy atom. The number of amides is 2. The van der Waals surface area contributed by atoms with Crippen LogP contribution in [0.5, 0.6) is 0 Å². The number of benzene rings is 1. The van der Waals surface area contributed by atoms with Gasteiger partial charge < -0.3 is 29.6 Å². The van der Waals surface area contributed by atoms with Crippen LogP contribution in [0.15, 0.2) is 33.7 Å². The van der Waals surface area contributed by atoms with Gasteiger partial charge in [-0.15, -0.1) is 4.99 Å². The number of piperidine rings is 1. The lowest BCUT2D eigenvalue weighted by atomic mass is 9.90. The van der Waals surface area contributed by atoms with Gasteiger partial charge in [-0.3, -0.25) is 5.32 Å². The molecule has 2 heterocycles. The van der Waals surface area contributed by atoms with Gasteiger partial charge in [0.25, 0.3) is 0 Å². The molecule has 0 saturated carbocycles. The van der Waals surface area contributed by atoms with Crippen LogP contribution in [0.4, 0.5) is 9.59 Å². The molecule has 1 aliphatic rings. The van der Waals surface area contributed by atoms with Crippen LogP contribution in [0.25, 0.3) is 11.1 Å². The highest BCUT2D eigenvalue weighted by Gasteiger charge is 2.28. The van der Waals surface area contributed by atoms with Crippen LogP contribution in [0.1, 0.15) is 79.2 Å². The summed E-state index contributed by atoms with van der Waals surface area (Å²) in [6, 6.07) is 6.82. The van der Waals surface area contributed by atoms with Crippen LogP contribution in [0.3, 0.4) is 0 Å². The third kappa shape index (κ3) is 8.98. The molecule has 38 heavy (non-hydrogen) atoms. The van der Waals surface area contributed by atoms with E-state index in [1.165, 1.54) is 0 Å². The largest absolute Gasteiger partial charge is 0.444 e. The first-order valence-electron chi connectivity index (χ1n) is 13.1. The number of oxazole rings is 1. The summed E-state index contributed by atoms with van der Waals surface area (Å²) in [7, 11) is 0. The molecule has 0 spiro atoms. The minimum Gasteiger partial charge on any atom is -0.444 e. The number of likely N-dealkylation sites (tertiary alicyclic amines) is 1. The number of guanidine groups is 1. The fourth-order valence-corrected chi connectivity index (χ4v) is 4.16. The van der Waals surface area contributed by atoms with Gasteiger partial charge in [0.05, 0.1) is 0 Å². The number of carbonyl (C=O) groups excluding carboxylic acids is 2. The van der Waals surface area contributed by atoms with E-state index in [0.717, 1.165) is 19.3 Å². The second kappa shape index (κ2) is 12.1. The number of nitrogens with two attached hydrogens (primary N) is 1. The molecular formula is C27H41N5O6. The summed E-state index contributed by atoms with van der Waals surface area (Å²) in [5.41, 5.74) is 6.17. The maximum absolute atomic E-state index is 12.4. The lowest BCUT2D eigenvalue weighted by Crippen LogP contribution is -2.49. The van der Waals surface area contributed by atoms with Crippen molar-refractivity contribution in [1.82, 2.24) is 15.2 Å². The van der Waals surface area contributed by atoms with Gasteiger partial charge in [0, 0.05) is 19.1 Å². The highest BCUT2D eigenvalue weighted by atomic mass is 16.6. The summed E-state index contributed by atoms with van der Waals surface area (Å²) in [5.74, 6) is 0.692. The van der Waals surface area contributed by atoms with Gasteiger partial charge in [-0.1, -0.05) is 12.1 Å². The number of rotatable bonds is 5. The molecule has 210 valence electrons. The van der Waals surface area contributed by atoms with Gasteiger partial charge in [-0.2, -0.15) is 0 Å². The zero-order chi connectivity index (χ0) is 28.1. The number of hydrogen-bond acceptors (Lipinski definition) is 8. The average molecular weight is 532 g/mol. The van der Waals surface area contributed by atoms with Crippen molar-refractivity contribution in [3.8, 4) is 0 Å². The molecule has 1 unspecified atom stereocenters. The summed E-state index contributed by atoms with van der Waals surface area (Å²) in [6.45, 7) is 11.7. The monoisotopic (exact) mass is 531 g/mol. The van der Waals surface area contributed by atoms with E-state index in [9.17, 15) is 14.7 Å². The first-order valence-corrected chi connectivity index (χ1v) is 13.1. The molecular weight excluding hydrogens is 490 g/mol. The van der Waals surface area contributed by atoms with Crippen molar-refractivity contribution in [3.63, 3.8) is 0 Å². The Bertz CT molecular complexity index is 1090. The number of para-hydroxylation sites is 2. The number of aliphatic hydroxyl groups excluding tert-OH is 1. The van der Waals surface area contributed by atoms with Crippen molar-refractivity contribution in [2.24, 2.45) is 16.6 Å². The van der Waals surface area contributed by atoms with Crippen molar-refractivity contribution < 1.29 is 28.6 Å². The van der Waals surface area contributed by atoms with E-state index in [4.69, 9.17) is 19.6 Å². The van der Waals surface area contributed by atoms with Crippen molar-refractivity contribution in [3.05, 3.63) is 30.2 Å². The summed E-state index contributed by atoms with van der Waals surface area (Å²) in [4.78, 5) is 35.0. The van der Waals surface area contributed by atoms with Crippen LogP contribution in [0, 0.1) is 5.92 Å². The second-order valence-electron chi connectivity index (χ2n) is 11.7. The number of aromatic nitrogens is 1. The smallest absolute Gasteiger partial charge is 0.437 e. The fraction of sp³-hybridized carbons (Fsp3) is 0.630. The predicted molar refractivity (Wildman–Crippen MR) is 144 cm³/mol. The number of alkyl carbamates (subject to hydrolysis) is 1. The van der Waals surface area contributed by atoms with E-state index >= 15 is 0 Å². The number of ether oxygens (including phenoxy) is 2. The predicted octanol–water partition coefficient (Wildman–Crippen LogP) is 4.50. The maximum Gasteiger partial charge on any atom is 0.437 e.